The van der Waals surface area contributed by atoms with Gasteiger partial charge in [-0.3, -0.25) is 14.5 Å². The molecule has 1 unspecified atom stereocenters. The van der Waals surface area contributed by atoms with Crippen molar-refractivity contribution < 1.29 is 18.4 Å². The molecular weight excluding hydrogens is 334 g/mol. The van der Waals surface area contributed by atoms with E-state index >= 15 is 0 Å². The maximum Gasteiger partial charge on any atom is 0.268 e. The highest BCUT2D eigenvalue weighted by molar-refractivity contribution is 8.02. The average molecular weight is 346 g/mol. The number of likely N-dealkylation sites (N-methyl/N-ethyl adjacent to an activating group) is 1. The molecule has 0 bridgehead atoms. The Bertz CT molecular complexity index is 889. The molecule has 1 fully saturated rings. The molecule has 1 spiro atoms. The Morgan fingerprint density at radius 1 is 1.08 bits per heavy atom. The first kappa shape index (κ1) is 15.1. The molecule has 0 saturated carbocycles. The topological polar surface area (TPSA) is 40.6 Å². The van der Waals surface area contributed by atoms with Gasteiger partial charge in [0.05, 0.1) is 11.4 Å². The fraction of sp³-hybridized carbons (Fsp3) is 0.176. The predicted molar refractivity (Wildman–Crippen MR) is 87.8 cm³/mol. The number of carbonyl (C=O) groups excluding carboxylic acids is 2. The van der Waals surface area contributed by atoms with Crippen LogP contribution in [0, 0.1) is 11.6 Å². The first-order chi connectivity index (χ1) is 11.5. The first-order valence-corrected chi connectivity index (χ1v) is 8.25. The highest BCUT2D eigenvalue weighted by Gasteiger charge is 2.60. The number of nitrogens with zero attached hydrogens (tertiary/aromatic N) is 2. The maximum absolute atomic E-state index is 13.7. The third-order valence-corrected chi connectivity index (χ3v) is 5.74. The molecule has 2 aromatic rings. The monoisotopic (exact) mass is 346 g/mol. The van der Waals surface area contributed by atoms with E-state index < -0.39 is 16.5 Å². The molecule has 2 amide bonds. The zero-order valence-corrected chi connectivity index (χ0v) is 13.4. The zero-order valence-electron chi connectivity index (χ0n) is 12.6. The Hall–Kier alpha value is -2.41. The molecule has 122 valence electrons. The number of rotatable bonds is 1. The molecule has 2 heterocycles. The Labute approximate surface area is 141 Å². The Morgan fingerprint density at radius 3 is 2.58 bits per heavy atom. The number of halogens is 2. The summed E-state index contributed by atoms with van der Waals surface area (Å²) in [5.41, 5.74) is 1.55. The molecule has 2 aromatic carbocycles. The van der Waals surface area contributed by atoms with Gasteiger partial charge in [-0.25, -0.2) is 8.78 Å². The van der Waals surface area contributed by atoms with Gasteiger partial charge in [-0.1, -0.05) is 18.2 Å². The van der Waals surface area contributed by atoms with E-state index in [1.54, 1.807) is 25.2 Å². The summed E-state index contributed by atoms with van der Waals surface area (Å²) in [6, 6.07) is 10.4. The van der Waals surface area contributed by atoms with Crippen LogP contribution in [0.3, 0.4) is 0 Å². The summed E-state index contributed by atoms with van der Waals surface area (Å²) < 4.78 is 27.0. The number of fused-ring (bicyclic) bond motifs is 2. The minimum Gasteiger partial charge on any atom is -0.312 e. The van der Waals surface area contributed by atoms with E-state index in [1.165, 1.54) is 27.6 Å². The van der Waals surface area contributed by atoms with Crippen molar-refractivity contribution in [2.24, 2.45) is 0 Å². The van der Waals surface area contributed by atoms with Gasteiger partial charge in [0.2, 0.25) is 10.8 Å². The van der Waals surface area contributed by atoms with Crippen LogP contribution in [0.25, 0.3) is 0 Å². The van der Waals surface area contributed by atoms with Crippen LogP contribution in [0.4, 0.5) is 20.2 Å². The number of thioether (sulfide) groups is 1. The molecule has 4 rings (SSSR count). The minimum absolute atomic E-state index is 0.0902. The summed E-state index contributed by atoms with van der Waals surface area (Å²) >= 11 is 1.20. The Kier molecular flexibility index (Phi) is 3.18. The van der Waals surface area contributed by atoms with Crippen molar-refractivity contribution in [2.75, 3.05) is 22.6 Å². The van der Waals surface area contributed by atoms with Crippen LogP contribution < -0.4 is 9.80 Å². The summed E-state index contributed by atoms with van der Waals surface area (Å²) in [6.45, 7) is 0. The maximum atomic E-state index is 13.7. The van der Waals surface area contributed by atoms with Crippen LogP contribution in [-0.2, 0) is 14.5 Å². The molecule has 0 N–H and O–H groups in total. The fourth-order valence-corrected chi connectivity index (χ4v) is 4.67. The van der Waals surface area contributed by atoms with Gasteiger partial charge < -0.3 is 4.90 Å². The molecule has 2 aliphatic rings. The van der Waals surface area contributed by atoms with Crippen LogP contribution in [0.2, 0.25) is 0 Å². The summed E-state index contributed by atoms with van der Waals surface area (Å²) in [6.07, 6.45) is 0. The zero-order chi connectivity index (χ0) is 17.1. The largest absolute Gasteiger partial charge is 0.312 e. The third-order valence-electron chi connectivity index (χ3n) is 4.36. The lowest BCUT2D eigenvalue weighted by Crippen LogP contribution is -2.49. The second kappa shape index (κ2) is 5.04. The fourth-order valence-electron chi connectivity index (χ4n) is 3.28. The normalized spacial score (nSPS) is 22.6. The van der Waals surface area contributed by atoms with Gasteiger partial charge in [0.1, 0.15) is 0 Å². The second-order valence-electron chi connectivity index (χ2n) is 5.64. The van der Waals surface area contributed by atoms with Gasteiger partial charge in [-0.2, -0.15) is 0 Å². The molecule has 0 radical (unpaired) electrons. The van der Waals surface area contributed by atoms with Crippen LogP contribution in [-0.4, -0.2) is 24.6 Å². The van der Waals surface area contributed by atoms with E-state index in [9.17, 15) is 18.4 Å². The van der Waals surface area contributed by atoms with Crippen LogP contribution >= 0.6 is 11.8 Å². The quantitative estimate of drug-likeness (QED) is 0.797. The molecule has 7 heteroatoms. The Balaban J connectivity index is 1.95. The van der Waals surface area contributed by atoms with Crippen molar-refractivity contribution in [2.45, 2.75) is 4.87 Å². The molecule has 0 aliphatic carbocycles. The van der Waals surface area contributed by atoms with Gasteiger partial charge in [-0.15, -0.1) is 11.8 Å². The molecular formula is C17H12F2N2O2S. The van der Waals surface area contributed by atoms with E-state index in [0.29, 0.717) is 11.3 Å². The lowest BCUT2D eigenvalue weighted by Gasteiger charge is -2.32. The van der Waals surface area contributed by atoms with Crippen LogP contribution in [0.15, 0.2) is 42.5 Å². The number of carbonyl (C=O) groups is 2. The number of amides is 2. The SMILES string of the molecule is CN1C(=O)C2(SCC(=O)N2c2ccc(F)c(F)c2)c2ccccc21. The number of benzene rings is 2. The lowest BCUT2D eigenvalue weighted by molar-refractivity contribution is -0.123. The van der Waals surface area contributed by atoms with E-state index in [-0.39, 0.29) is 23.3 Å². The van der Waals surface area contributed by atoms with Crippen LogP contribution in [0.1, 0.15) is 5.56 Å². The van der Waals surface area contributed by atoms with E-state index in [4.69, 9.17) is 0 Å². The predicted octanol–water partition coefficient (Wildman–Crippen LogP) is 2.87. The number of anilines is 2. The van der Waals surface area contributed by atoms with Gasteiger partial charge in [0.15, 0.2) is 11.6 Å². The molecule has 1 atom stereocenters. The van der Waals surface area contributed by atoms with Crippen molar-refractivity contribution in [3.8, 4) is 0 Å². The summed E-state index contributed by atoms with van der Waals surface area (Å²) in [7, 11) is 1.64. The van der Waals surface area contributed by atoms with Crippen molar-refractivity contribution in [1.82, 2.24) is 0 Å². The standard InChI is InChI=1S/C17H12F2N2O2S/c1-20-14-5-3-2-4-11(14)17(16(20)23)21(15(22)9-24-17)10-6-7-12(18)13(19)8-10/h2-8H,9H2,1H3. The third kappa shape index (κ3) is 1.78. The van der Waals surface area contributed by atoms with Gasteiger partial charge in [0, 0.05) is 24.4 Å². The summed E-state index contributed by atoms with van der Waals surface area (Å²) in [5.74, 6) is -2.55. The molecule has 0 aromatic heterocycles. The van der Waals surface area contributed by atoms with E-state index in [2.05, 4.69) is 0 Å². The van der Waals surface area contributed by atoms with E-state index in [1.807, 2.05) is 6.07 Å². The van der Waals surface area contributed by atoms with Crippen molar-refractivity contribution >= 4 is 35.0 Å². The van der Waals surface area contributed by atoms with E-state index in [0.717, 1.165) is 12.1 Å². The van der Waals surface area contributed by atoms with Crippen molar-refractivity contribution in [3.05, 3.63) is 59.7 Å². The average Bonchev–Trinajstić information content (AvgIpc) is 3.03. The lowest BCUT2D eigenvalue weighted by atomic mass is 10.0. The van der Waals surface area contributed by atoms with Crippen molar-refractivity contribution in [1.29, 1.82) is 0 Å². The number of hydrogen-bond acceptors (Lipinski definition) is 3. The van der Waals surface area contributed by atoms with Gasteiger partial charge in [-0.05, 0) is 18.2 Å². The van der Waals surface area contributed by atoms with Crippen molar-refractivity contribution in [3.63, 3.8) is 0 Å². The number of hydrogen-bond donors (Lipinski definition) is 0. The molecule has 2 aliphatic heterocycles. The molecule has 4 nitrogen and oxygen atoms in total. The Morgan fingerprint density at radius 2 is 1.83 bits per heavy atom. The highest BCUT2D eigenvalue weighted by atomic mass is 32.2. The second-order valence-corrected chi connectivity index (χ2v) is 6.81. The number of para-hydroxylation sites is 1. The van der Waals surface area contributed by atoms with Crippen LogP contribution in [0.5, 0.6) is 0 Å². The van der Waals surface area contributed by atoms with Gasteiger partial charge >= 0.3 is 0 Å². The minimum atomic E-state index is -1.27. The van der Waals surface area contributed by atoms with Gasteiger partial charge in [0.25, 0.3) is 5.91 Å². The highest BCUT2D eigenvalue weighted by Crippen LogP contribution is 2.55. The summed E-state index contributed by atoms with van der Waals surface area (Å²) in [4.78, 5) is 27.0. The molecule has 24 heavy (non-hydrogen) atoms. The smallest absolute Gasteiger partial charge is 0.268 e. The molecule has 1 saturated heterocycles. The first-order valence-electron chi connectivity index (χ1n) is 7.26. The summed E-state index contributed by atoms with van der Waals surface area (Å²) in [5, 5.41) is 0.